The van der Waals surface area contributed by atoms with E-state index in [1.54, 1.807) is 0 Å². The molecule has 2 N–H and O–H groups in total. The van der Waals surface area contributed by atoms with Gasteiger partial charge in [0.05, 0.1) is 0 Å². The van der Waals surface area contributed by atoms with Crippen molar-refractivity contribution in [1.29, 1.82) is 0 Å². The number of likely N-dealkylation sites (tertiary alicyclic amines) is 1. The van der Waals surface area contributed by atoms with Crippen LogP contribution in [0.15, 0.2) is 22.7 Å². The minimum Gasteiger partial charge on any atom is -0.329 e. The summed E-state index contributed by atoms with van der Waals surface area (Å²) < 4.78 is 1.22. The van der Waals surface area contributed by atoms with E-state index in [-0.39, 0.29) is 0 Å². The third-order valence-corrected chi connectivity index (χ3v) is 4.77. The lowest BCUT2D eigenvalue weighted by Crippen LogP contribution is -2.48. The number of nitrogens with zero attached hydrogens (tertiary/aromatic N) is 1. The van der Waals surface area contributed by atoms with Gasteiger partial charge in [0.2, 0.25) is 0 Å². The molecule has 2 rings (SSSR count). The zero-order valence-corrected chi connectivity index (χ0v) is 12.9. The van der Waals surface area contributed by atoms with E-state index < -0.39 is 0 Å². The molecule has 1 fully saturated rings. The fourth-order valence-electron chi connectivity index (χ4n) is 2.86. The van der Waals surface area contributed by atoms with E-state index in [4.69, 9.17) is 5.73 Å². The van der Waals surface area contributed by atoms with Gasteiger partial charge >= 0.3 is 0 Å². The topological polar surface area (TPSA) is 29.3 Å². The van der Waals surface area contributed by atoms with Crippen molar-refractivity contribution in [2.75, 3.05) is 6.54 Å². The van der Waals surface area contributed by atoms with E-state index in [1.165, 1.54) is 34.9 Å². The largest absolute Gasteiger partial charge is 0.329 e. The van der Waals surface area contributed by atoms with E-state index in [0.29, 0.717) is 12.1 Å². The average Bonchev–Trinajstić information content (AvgIpc) is 2.34. The molecule has 2 nitrogen and oxygen atoms in total. The SMILES string of the molecule is Cc1ccc(CN2C(C)CCCC2CN)c(Br)c1. The first-order chi connectivity index (χ1) is 8.61. The predicted octanol–water partition coefficient (Wildman–Crippen LogP) is 3.46. The molecule has 1 aromatic carbocycles. The standard InChI is InChI=1S/C15H23BrN2/c1-11-6-7-13(15(16)8-11)10-18-12(2)4-3-5-14(18)9-17/h6-8,12,14H,3-5,9-10,17H2,1-2H3. The summed E-state index contributed by atoms with van der Waals surface area (Å²) in [4.78, 5) is 2.57. The smallest absolute Gasteiger partial charge is 0.0251 e. The van der Waals surface area contributed by atoms with Gasteiger partial charge in [-0.3, -0.25) is 4.90 Å². The minimum atomic E-state index is 0.543. The Kier molecular flexibility index (Phi) is 4.82. The van der Waals surface area contributed by atoms with Crippen LogP contribution in [0.2, 0.25) is 0 Å². The van der Waals surface area contributed by atoms with Gasteiger partial charge in [-0.2, -0.15) is 0 Å². The van der Waals surface area contributed by atoms with E-state index in [0.717, 1.165) is 13.1 Å². The zero-order chi connectivity index (χ0) is 13.1. The first-order valence-corrected chi connectivity index (χ1v) is 7.62. The van der Waals surface area contributed by atoms with Gasteiger partial charge in [0.15, 0.2) is 0 Å². The summed E-state index contributed by atoms with van der Waals surface area (Å²) in [7, 11) is 0. The van der Waals surface area contributed by atoms with Crippen molar-refractivity contribution in [2.45, 2.75) is 51.7 Å². The lowest BCUT2D eigenvalue weighted by Gasteiger charge is -2.40. The van der Waals surface area contributed by atoms with Gasteiger partial charge in [0.1, 0.15) is 0 Å². The molecular formula is C15H23BrN2. The van der Waals surface area contributed by atoms with E-state index in [1.807, 2.05) is 0 Å². The highest BCUT2D eigenvalue weighted by atomic mass is 79.9. The maximum absolute atomic E-state index is 5.92. The predicted molar refractivity (Wildman–Crippen MR) is 80.6 cm³/mol. The van der Waals surface area contributed by atoms with Crippen LogP contribution < -0.4 is 5.73 Å². The Balaban J connectivity index is 2.15. The first-order valence-electron chi connectivity index (χ1n) is 6.82. The molecule has 1 aliphatic heterocycles. The molecule has 0 aliphatic carbocycles. The van der Waals surface area contributed by atoms with Crippen LogP contribution in [-0.4, -0.2) is 23.5 Å². The summed E-state index contributed by atoms with van der Waals surface area (Å²) in [5.74, 6) is 0. The summed E-state index contributed by atoms with van der Waals surface area (Å²) in [5.41, 5.74) is 8.59. The summed E-state index contributed by atoms with van der Waals surface area (Å²) >= 11 is 3.68. The Morgan fingerprint density at radius 1 is 1.39 bits per heavy atom. The Labute approximate surface area is 119 Å². The number of piperidine rings is 1. The Morgan fingerprint density at radius 3 is 2.83 bits per heavy atom. The molecule has 1 heterocycles. The van der Waals surface area contributed by atoms with Gasteiger partial charge in [-0.05, 0) is 43.9 Å². The zero-order valence-electron chi connectivity index (χ0n) is 11.3. The number of hydrogen-bond donors (Lipinski definition) is 1. The Hall–Kier alpha value is -0.380. The minimum absolute atomic E-state index is 0.543. The monoisotopic (exact) mass is 310 g/mol. The molecule has 18 heavy (non-hydrogen) atoms. The maximum atomic E-state index is 5.92. The lowest BCUT2D eigenvalue weighted by molar-refractivity contribution is 0.0890. The van der Waals surface area contributed by atoms with Crippen molar-refractivity contribution in [3.05, 3.63) is 33.8 Å². The third-order valence-electron chi connectivity index (χ3n) is 4.03. The van der Waals surface area contributed by atoms with Crippen molar-refractivity contribution < 1.29 is 0 Å². The number of hydrogen-bond acceptors (Lipinski definition) is 2. The Bertz CT molecular complexity index is 405. The normalized spacial score (nSPS) is 25.3. The molecule has 1 aliphatic rings. The van der Waals surface area contributed by atoms with Crippen LogP contribution in [0.5, 0.6) is 0 Å². The van der Waals surface area contributed by atoms with Crippen LogP contribution in [0.3, 0.4) is 0 Å². The van der Waals surface area contributed by atoms with Gasteiger partial charge in [-0.15, -0.1) is 0 Å². The number of rotatable bonds is 3. The van der Waals surface area contributed by atoms with Crippen LogP contribution in [-0.2, 0) is 6.54 Å². The fraction of sp³-hybridized carbons (Fsp3) is 0.600. The molecule has 0 bridgehead atoms. The molecule has 0 aromatic heterocycles. The van der Waals surface area contributed by atoms with Crippen molar-refractivity contribution >= 4 is 15.9 Å². The molecule has 0 spiro atoms. The number of aryl methyl sites for hydroxylation is 1. The molecule has 1 aromatic rings. The van der Waals surface area contributed by atoms with E-state index in [2.05, 4.69) is 52.9 Å². The fourth-order valence-corrected chi connectivity index (χ4v) is 3.47. The van der Waals surface area contributed by atoms with Crippen LogP contribution in [0, 0.1) is 6.92 Å². The van der Waals surface area contributed by atoms with Crippen molar-refractivity contribution in [2.24, 2.45) is 5.73 Å². The van der Waals surface area contributed by atoms with Crippen LogP contribution in [0.4, 0.5) is 0 Å². The highest BCUT2D eigenvalue weighted by Gasteiger charge is 2.27. The maximum Gasteiger partial charge on any atom is 0.0251 e. The first kappa shape index (κ1) is 14.0. The number of benzene rings is 1. The summed E-state index contributed by atoms with van der Waals surface area (Å²) in [5, 5.41) is 0. The van der Waals surface area contributed by atoms with Gasteiger partial charge < -0.3 is 5.73 Å². The molecule has 2 unspecified atom stereocenters. The second kappa shape index (κ2) is 6.18. The summed E-state index contributed by atoms with van der Waals surface area (Å²) in [6.07, 6.45) is 3.85. The van der Waals surface area contributed by atoms with Crippen molar-refractivity contribution in [3.8, 4) is 0 Å². The van der Waals surface area contributed by atoms with Crippen molar-refractivity contribution in [1.82, 2.24) is 4.90 Å². The quantitative estimate of drug-likeness (QED) is 0.926. The molecule has 0 radical (unpaired) electrons. The van der Waals surface area contributed by atoms with Crippen LogP contribution in [0.1, 0.15) is 37.3 Å². The average molecular weight is 311 g/mol. The molecule has 0 amide bonds. The molecular weight excluding hydrogens is 288 g/mol. The van der Waals surface area contributed by atoms with Gasteiger partial charge in [0.25, 0.3) is 0 Å². The number of halogens is 1. The van der Waals surface area contributed by atoms with Crippen molar-refractivity contribution in [3.63, 3.8) is 0 Å². The summed E-state index contributed by atoms with van der Waals surface area (Å²) in [6, 6.07) is 7.80. The van der Waals surface area contributed by atoms with Gasteiger partial charge in [-0.1, -0.05) is 34.5 Å². The second-order valence-electron chi connectivity index (χ2n) is 5.44. The highest BCUT2D eigenvalue weighted by Crippen LogP contribution is 2.27. The molecule has 2 atom stereocenters. The molecule has 0 saturated carbocycles. The highest BCUT2D eigenvalue weighted by molar-refractivity contribution is 9.10. The molecule has 1 saturated heterocycles. The lowest BCUT2D eigenvalue weighted by atomic mass is 9.95. The third kappa shape index (κ3) is 3.14. The van der Waals surface area contributed by atoms with E-state index >= 15 is 0 Å². The van der Waals surface area contributed by atoms with Crippen LogP contribution >= 0.6 is 15.9 Å². The summed E-state index contributed by atoms with van der Waals surface area (Å²) in [6.45, 7) is 6.22. The second-order valence-corrected chi connectivity index (χ2v) is 6.29. The van der Waals surface area contributed by atoms with E-state index in [9.17, 15) is 0 Å². The Morgan fingerprint density at radius 2 is 2.17 bits per heavy atom. The number of nitrogens with two attached hydrogens (primary N) is 1. The molecule has 3 heteroatoms. The van der Waals surface area contributed by atoms with Gasteiger partial charge in [-0.25, -0.2) is 0 Å². The van der Waals surface area contributed by atoms with Crippen LogP contribution in [0.25, 0.3) is 0 Å². The van der Waals surface area contributed by atoms with Gasteiger partial charge in [0, 0.05) is 29.6 Å². The molecule has 100 valence electrons.